The van der Waals surface area contributed by atoms with Crippen molar-refractivity contribution in [2.75, 3.05) is 13.2 Å². The summed E-state index contributed by atoms with van der Waals surface area (Å²) >= 11 is 0. The zero-order chi connectivity index (χ0) is 17.6. The van der Waals surface area contributed by atoms with Crippen LogP contribution in [0.25, 0.3) is 11.0 Å². The smallest absolute Gasteiger partial charge is 0.336 e. The Kier molecular flexibility index (Phi) is 5.48. The standard InChI is InChI=1S/C20H20O5/c1-14-9-20(22)25-19-10-17(7-8-18(14)19)24-13-16(21)12-23-11-15-5-3-2-4-6-15/h2-10,16,21H,11-13H2,1H3. The van der Waals surface area contributed by atoms with E-state index in [9.17, 15) is 9.90 Å². The average Bonchev–Trinajstić information content (AvgIpc) is 2.60. The molecule has 5 heteroatoms. The van der Waals surface area contributed by atoms with E-state index in [0.717, 1.165) is 16.5 Å². The summed E-state index contributed by atoms with van der Waals surface area (Å²) in [5, 5.41) is 10.8. The van der Waals surface area contributed by atoms with Crippen molar-refractivity contribution in [2.24, 2.45) is 0 Å². The molecule has 5 nitrogen and oxygen atoms in total. The lowest BCUT2D eigenvalue weighted by Crippen LogP contribution is -2.23. The summed E-state index contributed by atoms with van der Waals surface area (Å²) < 4.78 is 16.2. The van der Waals surface area contributed by atoms with Crippen LogP contribution in [-0.2, 0) is 11.3 Å². The first kappa shape index (κ1) is 17.2. The van der Waals surface area contributed by atoms with Crippen LogP contribution in [0.5, 0.6) is 5.75 Å². The topological polar surface area (TPSA) is 68.9 Å². The lowest BCUT2D eigenvalue weighted by molar-refractivity contribution is 0.00550. The van der Waals surface area contributed by atoms with Crippen LogP contribution in [0.3, 0.4) is 0 Å². The molecular formula is C20H20O5. The second-order valence-corrected chi connectivity index (χ2v) is 5.87. The molecule has 0 saturated carbocycles. The minimum atomic E-state index is -0.746. The molecule has 1 heterocycles. The van der Waals surface area contributed by atoms with Crippen molar-refractivity contribution in [2.45, 2.75) is 19.6 Å². The highest BCUT2D eigenvalue weighted by molar-refractivity contribution is 5.81. The predicted octanol–water partition coefficient (Wildman–Crippen LogP) is 3.06. The van der Waals surface area contributed by atoms with E-state index in [1.807, 2.05) is 43.3 Å². The van der Waals surface area contributed by atoms with Gasteiger partial charge in [0.15, 0.2) is 0 Å². The molecule has 0 fully saturated rings. The number of benzene rings is 2. The van der Waals surface area contributed by atoms with Gasteiger partial charge in [-0.15, -0.1) is 0 Å². The van der Waals surface area contributed by atoms with E-state index in [1.165, 1.54) is 6.07 Å². The van der Waals surface area contributed by atoms with Crippen molar-refractivity contribution < 1.29 is 19.0 Å². The molecule has 0 aliphatic carbocycles. The predicted molar refractivity (Wildman–Crippen MR) is 94.8 cm³/mol. The second-order valence-electron chi connectivity index (χ2n) is 5.87. The van der Waals surface area contributed by atoms with Crippen LogP contribution in [0.2, 0.25) is 0 Å². The quantitative estimate of drug-likeness (QED) is 0.670. The van der Waals surface area contributed by atoms with Gasteiger partial charge in [-0.25, -0.2) is 4.79 Å². The molecule has 0 radical (unpaired) electrons. The number of aliphatic hydroxyl groups excluding tert-OH is 1. The molecule has 0 bridgehead atoms. The van der Waals surface area contributed by atoms with E-state index in [4.69, 9.17) is 13.9 Å². The highest BCUT2D eigenvalue weighted by atomic mass is 16.5. The molecule has 3 aromatic rings. The van der Waals surface area contributed by atoms with Gasteiger partial charge in [-0.05, 0) is 30.2 Å². The molecule has 3 rings (SSSR count). The van der Waals surface area contributed by atoms with E-state index in [-0.39, 0.29) is 13.2 Å². The van der Waals surface area contributed by atoms with Crippen molar-refractivity contribution in [3.05, 3.63) is 76.1 Å². The first-order valence-corrected chi connectivity index (χ1v) is 8.09. The number of aliphatic hydroxyl groups is 1. The molecule has 1 unspecified atom stereocenters. The van der Waals surface area contributed by atoms with Crippen LogP contribution >= 0.6 is 0 Å². The molecule has 130 valence electrons. The van der Waals surface area contributed by atoms with Crippen LogP contribution in [0.1, 0.15) is 11.1 Å². The summed E-state index contributed by atoms with van der Waals surface area (Å²) in [6.45, 7) is 2.57. The Morgan fingerprint density at radius 2 is 1.88 bits per heavy atom. The van der Waals surface area contributed by atoms with Gasteiger partial charge < -0.3 is 19.0 Å². The van der Waals surface area contributed by atoms with Crippen molar-refractivity contribution in [1.82, 2.24) is 0 Å². The van der Waals surface area contributed by atoms with Gasteiger partial charge in [0.1, 0.15) is 24.0 Å². The number of aryl methyl sites for hydroxylation is 1. The summed E-state index contributed by atoms with van der Waals surface area (Å²) in [5.74, 6) is 0.531. The molecule has 0 spiro atoms. The lowest BCUT2D eigenvalue weighted by Gasteiger charge is -2.13. The van der Waals surface area contributed by atoms with Crippen LogP contribution < -0.4 is 10.4 Å². The Bertz CT molecular complexity index is 885. The monoisotopic (exact) mass is 340 g/mol. The Labute approximate surface area is 145 Å². The van der Waals surface area contributed by atoms with Crippen LogP contribution in [0.15, 0.2) is 63.8 Å². The Hall–Kier alpha value is -2.63. The maximum Gasteiger partial charge on any atom is 0.336 e. The number of hydrogen-bond acceptors (Lipinski definition) is 5. The molecule has 1 N–H and O–H groups in total. The van der Waals surface area contributed by atoms with E-state index >= 15 is 0 Å². The summed E-state index contributed by atoms with van der Waals surface area (Å²) in [5.41, 5.74) is 1.98. The fourth-order valence-corrected chi connectivity index (χ4v) is 2.52. The fourth-order valence-electron chi connectivity index (χ4n) is 2.52. The van der Waals surface area contributed by atoms with Gasteiger partial charge in [0.25, 0.3) is 0 Å². The maximum atomic E-state index is 11.5. The molecule has 0 aliphatic heterocycles. The number of hydrogen-bond donors (Lipinski definition) is 1. The van der Waals surface area contributed by atoms with Crippen molar-refractivity contribution in [3.8, 4) is 5.75 Å². The Balaban J connectivity index is 1.52. The normalized spacial score (nSPS) is 12.2. The highest BCUT2D eigenvalue weighted by Gasteiger charge is 2.08. The molecule has 0 saturated heterocycles. The van der Waals surface area contributed by atoms with Gasteiger partial charge >= 0.3 is 5.63 Å². The third-order valence-electron chi connectivity index (χ3n) is 3.79. The highest BCUT2D eigenvalue weighted by Crippen LogP contribution is 2.22. The van der Waals surface area contributed by atoms with Crippen LogP contribution in [-0.4, -0.2) is 24.4 Å². The van der Waals surface area contributed by atoms with Gasteiger partial charge in [0, 0.05) is 17.5 Å². The molecule has 0 aliphatic rings. The number of ether oxygens (including phenoxy) is 2. The second kappa shape index (κ2) is 7.96. The van der Waals surface area contributed by atoms with E-state index in [2.05, 4.69) is 0 Å². The van der Waals surface area contributed by atoms with Gasteiger partial charge in [-0.1, -0.05) is 30.3 Å². The number of rotatable bonds is 7. The van der Waals surface area contributed by atoms with Gasteiger partial charge in [-0.2, -0.15) is 0 Å². The third kappa shape index (κ3) is 4.68. The zero-order valence-electron chi connectivity index (χ0n) is 14.0. The summed E-state index contributed by atoms with van der Waals surface area (Å²) in [4.78, 5) is 11.5. The summed E-state index contributed by atoms with van der Waals surface area (Å²) in [6, 6.07) is 16.5. The first-order valence-electron chi connectivity index (χ1n) is 8.09. The van der Waals surface area contributed by atoms with E-state index < -0.39 is 11.7 Å². The van der Waals surface area contributed by atoms with Crippen LogP contribution in [0, 0.1) is 6.92 Å². The Morgan fingerprint density at radius 3 is 2.68 bits per heavy atom. The van der Waals surface area contributed by atoms with Crippen LogP contribution in [0.4, 0.5) is 0 Å². The molecule has 25 heavy (non-hydrogen) atoms. The van der Waals surface area contributed by atoms with Gasteiger partial charge in [-0.3, -0.25) is 0 Å². The largest absolute Gasteiger partial charge is 0.491 e. The minimum Gasteiger partial charge on any atom is -0.491 e. The first-order chi connectivity index (χ1) is 12.1. The van der Waals surface area contributed by atoms with Crippen molar-refractivity contribution in [1.29, 1.82) is 0 Å². The molecule has 0 amide bonds. The zero-order valence-corrected chi connectivity index (χ0v) is 14.0. The van der Waals surface area contributed by atoms with Crippen molar-refractivity contribution in [3.63, 3.8) is 0 Å². The Morgan fingerprint density at radius 1 is 1.08 bits per heavy atom. The lowest BCUT2D eigenvalue weighted by atomic mass is 10.1. The van der Waals surface area contributed by atoms with Crippen molar-refractivity contribution >= 4 is 11.0 Å². The van der Waals surface area contributed by atoms with E-state index in [1.54, 1.807) is 12.1 Å². The van der Waals surface area contributed by atoms with Gasteiger partial charge in [0.2, 0.25) is 0 Å². The maximum absolute atomic E-state index is 11.5. The molecule has 2 aromatic carbocycles. The third-order valence-corrected chi connectivity index (χ3v) is 3.79. The molecular weight excluding hydrogens is 320 g/mol. The molecule has 1 aromatic heterocycles. The van der Waals surface area contributed by atoms with Gasteiger partial charge in [0.05, 0.1) is 13.2 Å². The van der Waals surface area contributed by atoms with E-state index in [0.29, 0.717) is 17.9 Å². The molecule has 1 atom stereocenters. The summed E-state index contributed by atoms with van der Waals surface area (Å²) in [6.07, 6.45) is -0.746. The SMILES string of the molecule is Cc1cc(=O)oc2cc(OCC(O)COCc3ccccc3)ccc12. The fraction of sp³-hybridized carbons (Fsp3) is 0.250. The average molecular weight is 340 g/mol. The minimum absolute atomic E-state index is 0.0936. The number of fused-ring (bicyclic) bond motifs is 1. The summed E-state index contributed by atoms with van der Waals surface area (Å²) in [7, 11) is 0.